The van der Waals surface area contributed by atoms with Crippen LogP contribution < -0.4 is 0 Å². The number of rotatable bonds is 13. The first-order chi connectivity index (χ1) is 10.6. The number of unbranched alkanes of at least 4 members (excludes halogenated alkanes) is 9. The second-order valence-corrected chi connectivity index (χ2v) is 8.12. The Hall–Kier alpha value is -0.170. The highest BCUT2D eigenvalue weighted by Crippen LogP contribution is 2.10. The summed E-state index contributed by atoms with van der Waals surface area (Å²) >= 11 is 0. The maximum absolute atomic E-state index is 9.56. The zero-order valence-corrected chi connectivity index (χ0v) is 16.8. The molecule has 0 spiro atoms. The Morgan fingerprint density at radius 3 is 1.43 bits per heavy atom. The molecule has 0 bridgehead atoms. The highest BCUT2D eigenvalue weighted by Gasteiger charge is 2.04. The summed E-state index contributed by atoms with van der Waals surface area (Å²) in [4.78, 5) is 0. The molecule has 0 fully saturated rings. The van der Waals surface area contributed by atoms with Gasteiger partial charge in [-0.2, -0.15) is 8.42 Å². The third-order valence-electron chi connectivity index (χ3n) is 3.45. The topological polar surface area (TPSA) is 63.6 Å². The number of hydrogen-bond donors (Lipinski definition) is 1. The van der Waals surface area contributed by atoms with Crippen LogP contribution in [0, 0.1) is 0 Å². The van der Waals surface area contributed by atoms with Gasteiger partial charge in [0.25, 0.3) is 0 Å². The Morgan fingerprint density at radius 2 is 1.17 bits per heavy atom. The molecule has 142 valence electrons. The molecule has 0 aromatic rings. The average Bonchev–Trinajstić information content (AvgIpc) is 2.39. The fourth-order valence-electron chi connectivity index (χ4n) is 2.22. The molecule has 0 atom stereocenters. The van der Waals surface area contributed by atoms with Gasteiger partial charge < -0.3 is 4.48 Å². The van der Waals surface area contributed by atoms with E-state index in [-0.39, 0.29) is 6.61 Å². The van der Waals surface area contributed by atoms with Gasteiger partial charge in [0, 0.05) is 0 Å². The molecule has 0 aromatic carbocycles. The van der Waals surface area contributed by atoms with Gasteiger partial charge in [0.1, 0.15) is 0 Å². The Bertz CT molecular complexity index is 337. The van der Waals surface area contributed by atoms with Crippen LogP contribution in [0.15, 0.2) is 0 Å². The van der Waals surface area contributed by atoms with Crippen molar-refractivity contribution in [2.24, 2.45) is 0 Å². The summed E-state index contributed by atoms with van der Waals surface area (Å²) in [5, 5.41) is 0. The summed E-state index contributed by atoms with van der Waals surface area (Å²) in [6.07, 6.45) is 14.4. The lowest BCUT2D eigenvalue weighted by Crippen LogP contribution is -2.35. The third-order valence-corrected chi connectivity index (χ3v) is 3.98. The van der Waals surface area contributed by atoms with Crippen molar-refractivity contribution in [3.8, 4) is 0 Å². The Morgan fingerprint density at radius 1 is 0.783 bits per heavy atom. The van der Waals surface area contributed by atoms with Crippen LogP contribution in [0.2, 0.25) is 0 Å². The van der Waals surface area contributed by atoms with Crippen LogP contribution in [0.25, 0.3) is 0 Å². The molecular weight excluding hydrogens is 314 g/mol. The first kappa shape index (κ1) is 25.1. The second-order valence-electron chi connectivity index (χ2n) is 7.03. The summed E-state index contributed by atoms with van der Waals surface area (Å²) in [5.41, 5.74) is 0. The number of quaternary nitrogens is 1. The Kier molecular flexibility index (Phi) is 16.7. The van der Waals surface area contributed by atoms with E-state index in [0.717, 1.165) is 4.48 Å². The first-order valence-electron chi connectivity index (χ1n) is 9.04. The molecule has 0 aromatic heterocycles. The molecule has 0 saturated heterocycles. The van der Waals surface area contributed by atoms with Crippen LogP contribution in [0.4, 0.5) is 0 Å². The van der Waals surface area contributed by atoms with E-state index in [1.54, 1.807) is 0 Å². The van der Waals surface area contributed by atoms with Gasteiger partial charge in [-0.05, 0) is 19.8 Å². The molecule has 0 aliphatic heterocycles. The molecule has 23 heavy (non-hydrogen) atoms. The van der Waals surface area contributed by atoms with Gasteiger partial charge in [0.2, 0.25) is 0 Å². The van der Waals surface area contributed by atoms with E-state index in [2.05, 4.69) is 32.2 Å². The lowest BCUT2D eigenvalue weighted by Gasteiger charge is -2.23. The number of nitrogens with zero attached hydrogens (tertiary/aromatic N) is 1. The Balaban J connectivity index is 0. The molecule has 0 radical (unpaired) electrons. The predicted octanol–water partition coefficient (Wildman–Crippen LogP) is 4.44. The molecule has 1 N–H and O–H groups in total. The van der Waals surface area contributed by atoms with E-state index in [9.17, 15) is 8.42 Å². The normalized spacial score (nSPS) is 11.9. The van der Waals surface area contributed by atoms with E-state index in [0.29, 0.717) is 0 Å². The fourth-order valence-corrected chi connectivity index (χ4v) is 2.52. The largest absolute Gasteiger partial charge is 0.397 e. The average molecular weight is 355 g/mol. The van der Waals surface area contributed by atoms with E-state index in [1.807, 2.05) is 0 Å². The maximum Gasteiger partial charge on any atom is 0.397 e. The molecule has 5 nitrogen and oxygen atoms in total. The van der Waals surface area contributed by atoms with Gasteiger partial charge in [-0.3, -0.25) is 4.55 Å². The minimum absolute atomic E-state index is 0.0289. The van der Waals surface area contributed by atoms with Gasteiger partial charge in [-0.15, -0.1) is 0 Å². The first-order valence-corrected chi connectivity index (χ1v) is 10.4. The van der Waals surface area contributed by atoms with Crippen LogP contribution in [0.1, 0.15) is 78.1 Å². The van der Waals surface area contributed by atoms with Crippen LogP contribution >= 0.6 is 0 Å². The van der Waals surface area contributed by atoms with Crippen LogP contribution in [0.3, 0.4) is 0 Å². The smallest absolute Gasteiger partial charge is 0.331 e. The van der Waals surface area contributed by atoms with Crippen molar-refractivity contribution in [2.45, 2.75) is 78.1 Å². The highest BCUT2D eigenvalue weighted by atomic mass is 32.3. The molecule has 0 amide bonds. The van der Waals surface area contributed by atoms with Gasteiger partial charge in [0.05, 0.1) is 34.3 Å². The minimum Gasteiger partial charge on any atom is -0.331 e. The summed E-state index contributed by atoms with van der Waals surface area (Å²) in [5.74, 6) is 0. The van der Waals surface area contributed by atoms with Gasteiger partial charge in [0.15, 0.2) is 0 Å². The molecule has 0 unspecified atom stereocenters. The van der Waals surface area contributed by atoms with E-state index >= 15 is 0 Å². The molecule has 0 heterocycles. The molecular formula is C17H40NO4S+. The highest BCUT2D eigenvalue weighted by molar-refractivity contribution is 7.80. The quantitative estimate of drug-likeness (QED) is 0.302. The molecule has 0 aliphatic rings. The molecule has 6 heteroatoms. The van der Waals surface area contributed by atoms with E-state index < -0.39 is 10.4 Å². The van der Waals surface area contributed by atoms with Crippen molar-refractivity contribution >= 4 is 10.4 Å². The van der Waals surface area contributed by atoms with E-state index in [1.165, 1.54) is 77.7 Å². The van der Waals surface area contributed by atoms with Crippen molar-refractivity contribution in [3.63, 3.8) is 0 Å². The summed E-state index contributed by atoms with van der Waals surface area (Å²) in [7, 11) is 2.68. The SMILES string of the molecule is CCCCCCCCCCCC[N+](C)(C)C.CCOS(=O)(=O)O. The fraction of sp³-hybridized carbons (Fsp3) is 1.00. The van der Waals surface area contributed by atoms with Crippen molar-refractivity contribution in [3.05, 3.63) is 0 Å². The molecule has 0 rings (SSSR count). The van der Waals surface area contributed by atoms with Crippen LogP contribution in [-0.2, 0) is 14.6 Å². The maximum atomic E-state index is 9.56. The second kappa shape index (κ2) is 15.4. The summed E-state index contributed by atoms with van der Waals surface area (Å²) in [6.45, 7) is 5.05. The van der Waals surface area contributed by atoms with Gasteiger partial charge >= 0.3 is 10.4 Å². The molecule has 0 saturated carbocycles. The van der Waals surface area contributed by atoms with E-state index in [4.69, 9.17) is 4.55 Å². The third kappa shape index (κ3) is 30.3. The van der Waals surface area contributed by atoms with Crippen molar-refractivity contribution in [1.82, 2.24) is 0 Å². The van der Waals surface area contributed by atoms with Crippen molar-refractivity contribution in [2.75, 3.05) is 34.3 Å². The lowest BCUT2D eigenvalue weighted by atomic mass is 10.1. The van der Waals surface area contributed by atoms with Crippen molar-refractivity contribution in [1.29, 1.82) is 0 Å². The van der Waals surface area contributed by atoms with Gasteiger partial charge in [-0.1, -0.05) is 58.3 Å². The minimum atomic E-state index is -4.17. The summed E-state index contributed by atoms with van der Waals surface area (Å²) in [6, 6.07) is 0. The zero-order chi connectivity index (χ0) is 18.2. The summed E-state index contributed by atoms with van der Waals surface area (Å²) < 4.78 is 31.8. The zero-order valence-electron chi connectivity index (χ0n) is 16.0. The van der Waals surface area contributed by atoms with Crippen LogP contribution in [0.5, 0.6) is 0 Å². The monoisotopic (exact) mass is 354 g/mol. The lowest BCUT2D eigenvalue weighted by molar-refractivity contribution is -0.870. The number of hydrogen-bond acceptors (Lipinski definition) is 3. The van der Waals surface area contributed by atoms with Crippen molar-refractivity contribution < 1.29 is 21.6 Å². The standard InChI is InChI=1S/C15H34N.C2H6O4S/c1-5-6-7-8-9-10-11-12-13-14-15-16(2,3)4;1-2-6-7(3,4)5/h5-15H2,1-4H3;2H2,1H3,(H,3,4,5)/q+1;. The predicted molar refractivity (Wildman–Crippen MR) is 97.9 cm³/mol. The van der Waals surface area contributed by atoms with Crippen LogP contribution in [-0.4, -0.2) is 51.7 Å². The van der Waals surface area contributed by atoms with Gasteiger partial charge in [-0.25, -0.2) is 4.18 Å². The molecule has 0 aliphatic carbocycles. The Labute approximate surface area is 145 Å².